The highest BCUT2D eigenvalue weighted by Gasteiger charge is 2.42. The molecule has 1 saturated carbocycles. The first-order chi connectivity index (χ1) is 18.9. The van der Waals surface area contributed by atoms with Crippen LogP contribution in [0, 0.1) is 13.8 Å². The maximum absolute atomic E-state index is 14.6. The van der Waals surface area contributed by atoms with Crippen molar-refractivity contribution >= 4 is 17.9 Å². The third kappa shape index (κ3) is 8.83. The third-order valence-electron chi connectivity index (χ3n) is 7.19. The molecule has 1 aliphatic rings. The normalized spacial score (nSPS) is 15.8. The number of nitrogens with zero attached hydrogens (tertiary/aromatic N) is 1. The van der Waals surface area contributed by atoms with Crippen molar-refractivity contribution in [3.8, 4) is 0 Å². The van der Waals surface area contributed by atoms with E-state index in [-0.39, 0.29) is 30.3 Å². The average molecular weight is 550 g/mol. The zero-order chi connectivity index (χ0) is 29.4. The fourth-order valence-corrected chi connectivity index (χ4v) is 5.30. The average Bonchev–Trinajstić information content (AvgIpc) is 2.80. The van der Waals surface area contributed by atoms with Gasteiger partial charge in [0.05, 0.1) is 0 Å². The van der Waals surface area contributed by atoms with Crippen LogP contribution in [0.1, 0.15) is 95.0 Å². The van der Waals surface area contributed by atoms with E-state index in [9.17, 15) is 14.4 Å². The molecule has 3 amide bonds. The predicted molar refractivity (Wildman–Crippen MR) is 159 cm³/mol. The zero-order valence-corrected chi connectivity index (χ0v) is 25.3. The summed E-state index contributed by atoms with van der Waals surface area (Å²) >= 11 is 0. The van der Waals surface area contributed by atoms with Crippen molar-refractivity contribution in [1.82, 2.24) is 15.5 Å². The highest BCUT2D eigenvalue weighted by Crippen LogP contribution is 2.35. The number of rotatable bonds is 11. The molecule has 7 nitrogen and oxygen atoms in total. The molecule has 218 valence electrons. The zero-order valence-electron chi connectivity index (χ0n) is 25.3. The molecule has 2 aromatic carbocycles. The number of aryl methyl sites for hydroxylation is 2. The van der Waals surface area contributed by atoms with Gasteiger partial charge in [0.2, 0.25) is 11.8 Å². The smallest absolute Gasteiger partial charge is 0.408 e. The summed E-state index contributed by atoms with van der Waals surface area (Å²) in [5.74, 6) is -0.469. The minimum Gasteiger partial charge on any atom is -0.444 e. The van der Waals surface area contributed by atoms with Gasteiger partial charge in [0.15, 0.2) is 0 Å². The summed E-state index contributed by atoms with van der Waals surface area (Å²) in [5.41, 5.74) is 3.05. The minimum atomic E-state index is -0.896. The predicted octanol–water partition coefficient (Wildman–Crippen LogP) is 6.17. The molecule has 0 radical (unpaired) electrons. The maximum Gasteiger partial charge on any atom is 0.408 e. The first-order valence-electron chi connectivity index (χ1n) is 14.6. The lowest BCUT2D eigenvalue weighted by molar-refractivity contribution is -0.147. The molecule has 1 aliphatic carbocycles. The van der Waals surface area contributed by atoms with Crippen molar-refractivity contribution in [2.75, 3.05) is 0 Å². The van der Waals surface area contributed by atoms with Crippen molar-refractivity contribution in [2.45, 2.75) is 117 Å². The van der Waals surface area contributed by atoms with Crippen molar-refractivity contribution in [3.05, 3.63) is 70.8 Å². The van der Waals surface area contributed by atoms with Gasteiger partial charge in [0, 0.05) is 18.5 Å². The fraction of sp³-hybridized carbons (Fsp3) is 0.545. The summed E-state index contributed by atoms with van der Waals surface area (Å²) in [5, 5.41) is 6.02. The maximum atomic E-state index is 14.6. The Morgan fingerprint density at radius 1 is 1.00 bits per heavy atom. The van der Waals surface area contributed by atoms with E-state index < -0.39 is 23.8 Å². The van der Waals surface area contributed by atoms with Crippen LogP contribution in [0.4, 0.5) is 4.79 Å². The second-order valence-corrected chi connectivity index (χ2v) is 12.2. The van der Waals surface area contributed by atoms with E-state index in [2.05, 4.69) is 23.6 Å². The summed E-state index contributed by atoms with van der Waals surface area (Å²) < 4.78 is 5.54. The van der Waals surface area contributed by atoms with Crippen LogP contribution in [0.5, 0.6) is 0 Å². The Labute approximate surface area is 240 Å². The Bertz CT molecular complexity index is 1130. The molecule has 0 saturated heterocycles. The topological polar surface area (TPSA) is 87.7 Å². The van der Waals surface area contributed by atoms with Crippen LogP contribution in [-0.4, -0.2) is 46.5 Å². The summed E-state index contributed by atoms with van der Waals surface area (Å²) in [6, 6.07) is 13.8. The number of nitrogens with one attached hydrogen (secondary N) is 2. The summed E-state index contributed by atoms with van der Waals surface area (Å²) in [6.45, 7) is 13.5. The number of amides is 3. The van der Waals surface area contributed by atoms with Crippen molar-refractivity contribution in [2.24, 2.45) is 0 Å². The van der Waals surface area contributed by atoms with E-state index in [1.807, 2.05) is 63.2 Å². The molecular weight excluding hydrogens is 502 g/mol. The Hall–Kier alpha value is -3.35. The number of hydrogen-bond donors (Lipinski definition) is 2. The van der Waals surface area contributed by atoms with Gasteiger partial charge in [-0.3, -0.25) is 9.59 Å². The van der Waals surface area contributed by atoms with E-state index >= 15 is 0 Å². The minimum absolute atomic E-state index is 0.0238. The number of alkyl carbamates (subject to hydrolysis) is 1. The lowest BCUT2D eigenvalue weighted by Gasteiger charge is -2.44. The van der Waals surface area contributed by atoms with Gasteiger partial charge in [0.25, 0.3) is 0 Å². The summed E-state index contributed by atoms with van der Waals surface area (Å²) in [4.78, 5) is 43.3. The molecule has 2 N–H and O–H groups in total. The Morgan fingerprint density at radius 3 is 2.15 bits per heavy atom. The standard InChI is InChI=1S/C33H47N3O4/c1-8-13-24(4)34-30(37)29(26-19-22(2)18-23(3)20-26)36(27-16-12-17-27)31(38)28(21-25-14-10-9-11-15-25)35-32(39)40-33(5,6)7/h9-11,14-15,18-20,24,27-29H,8,12-13,16-17,21H2,1-7H3,(H,34,37)(H,35,39). The van der Waals surface area contributed by atoms with Crippen LogP contribution < -0.4 is 10.6 Å². The molecule has 0 aliphatic heterocycles. The van der Waals surface area contributed by atoms with Crippen molar-refractivity contribution in [3.63, 3.8) is 0 Å². The molecule has 3 rings (SSSR count). The highest BCUT2D eigenvalue weighted by molar-refractivity contribution is 5.92. The molecule has 1 fully saturated rings. The van der Waals surface area contributed by atoms with E-state index in [1.54, 1.807) is 25.7 Å². The van der Waals surface area contributed by atoms with Gasteiger partial charge >= 0.3 is 6.09 Å². The van der Waals surface area contributed by atoms with E-state index in [0.29, 0.717) is 0 Å². The van der Waals surface area contributed by atoms with Gasteiger partial charge in [-0.1, -0.05) is 73.0 Å². The van der Waals surface area contributed by atoms with Gasteiger partial charge in [0.1, 0.15) is 17.7 Å². The first-order valence-corrected chi connectivity index (χ1v) is 14.6. The third-order valence-corrected chi connectivity index (χ3v) is 7.19. The molecular formula is C33H47N3O4. The first kappa shape index (κ1) is 31.2. The lowest BCUT2D eigenvalue weighted by Crippen LogP contribution is -2.58. The Balaban J connectivity index is 2.06. The van der Waals surface area contributed by atoms with Crippen LogP contribution in [-0.2, 0) is 20.7 Å². The van der Waals surface area contributed by atoms with Gasteiger partial charge in [-0.25, -0.2) is 4.79 Å². The van der Waals surface area contributed by atoms with Crippen LogP contribution in [0.25, 0.3) is 0 Å². The van der Waals surface area contributed by atoms with Gasteiger partial charge in [-0.05, 0) is 78.4 Å². The number of carbonyl (C=O) groups is 3. The molecule has 2 aromatic rings. The molecule has 0 bridgehead atoms. The molecule has 0 heterocycles. The summed E-state index contributed by atoms with van der Waals surface area (Å²) in [6.07, 6.45) is 4.05. The second-order valence-electron chi connectivity index (χ2n) is 12.2. The Morgan fingerprint density at radius 2 is 1.62 bits per heavy atom. The van der Waals surface area contributed by atoms with Crippen LogP contribution >= 0.6 is 0 Å². The molecule has 40 heavy (non-hydrogen) atoms. The molecule has 0 aromatic heterocycles. The van der Waals surface area contributed by atoms with E-state index in [1.165, 1.54) is 0 Å². The SMILES string of the molecule is CCCC(C)NC(=O)C(c1cc(C)cc(C)c1)N(C(=O)C(Cc1ccccc1)NC(=O)OC(C)(C)C)C1CCC1. The van der Waals surface area contributed by atoms with Gasteiger partial charge in [-0.2, -0.15) is 0 Å². The number of benzene rings is 2. The van der Waals surface area contributed by atoms with Crippen molar-refractivity contribution in [1.29, 1.82) is 0 Å². The second kappa shape index (κ2) is 13.8. The van der Waals surface area contributed by atoms with Crippen LogP contribution in [0.2, 0.25) is 0 Å². The molecule has 0 spiro atoms. The van der Waals surface area contributed by atoms with Gasteiger partial charge < -0.3 is 20.3 Å². The monoisotopic (exact) mass is 549 g/mol. The molecule has 3 atom stereocenters. The lowest BCUT2D eigenvalue weighted by atomic mass is 9.87. The van der Waals surface area contributed by atoms with Crippen LogP contribution in [0.3, 0.4) is 0 Å². The Kier molecular flexibility index (Phi) is 10.8. The number of hydrogen-bond acceptors (Lipinski definition) is 4. The molecule has 7 heteroatoms. The number of ether oxygens (including phenoxy) is 1. The highest BCUT2D eigenvalue weighted by atomic mass is 16.6. The van der Waals surface area contributed by atoms with Gasteiger partial charge in [-0.15, -0.1) is 0 Å². The molecule has 3 unspecified atom stereocenters. The largest absolute Gasteiger partial charge is 0.444 e. The number of carbonyl (C=O) groups excluding carboxylic acids is 3. The van der Waals surface area contributed by atoms with E-state index in [0.717, 1.165) is 54.4 Å². The van der Waals surface area contributed by atoms with Crippen LogP contribution in [0.15, 0.2) is 48.5 Å². The summed E-state index contributed by atoms with van der Waals surface area (Å²) in [7, 11) is 0. The fourth-order valence-electron chi connectivity index (χ4n) is 5.30. The van der Waals surface area contributed by atoms with Crippen molar-refractivity contribution < 1.29 is 19.1 Å². The quantitative estimate of drug-likeness (QED) is 0.351. The van der Waals surface area contributed by atoms with E-state index in [4.69, 9.17) is 4.74 Å².